The van der Waals surface area contributed by atoms with Gasteiger partial charge in [0.05, 0.1) is 24.7 Å². The van der Waals surface area contributed by atoms with Crippen LogP contribution in [-0.4, -0.2) is 19.1 Å². The molecule has 1 rings (SSSR count). The lowest BCUT2D eigenvalue weighted by molar-refractivity contribution is -0.386. The SMILES string of the molecule is C=Cc1ccc(OC)c(OC)c1[N+](=O)[O-]. The highest BCUT2D eigenvalue weighted by atomic mass is 16.6. The second-order valence-electron chi connectivity index (χ2n) is 2.70. The first-order valence-corrected chi connectivity index (χ1v) is 4.17. The fraction of sp³-hybridized carbons (Fsp3) is 0.200. The maximum absolute atomic E-state index is 10.9. The second kappa shape index (κ2) is 4.45. The molecule has 0 amide bonds. The molecule has 0 atom stereocenters. The molecule has 0 spiro atoms. The number of ether oxygens (including phenoxy) is 2. The van der Waals surface area contributed by atoms with Crippen LogP contribution in [0.3, 0.4) is 0 Å². The number of nitro benzene ring substituents is 1. The van der Waals surface area contributed by atoms with Gasteiger partial charge in [0.25, 0.3) is 0 Å². The molecule has 1 aromatic rings. The van der Waals surface area contributed by atoms with E-state index in [9.17, 15) is 10.1 Å². The molecular weight excluding hydrogens is 198 g/mol. The van der Waals surface area contributed by atoms with Crippen LogP contribution >= 0.6 is 0 Å². The Labute approximate surface area is 87.1 Å². The van der Waals surface area contributed by atoms with E-state index in [0.29, 0.717) is 11.3 Å². The van der Waals surface area contributed by atoms with Crippen molar-refractivity contribution in [3.8, 4) is 11.5 Å². The lowest BCUT2D eigenvalue weighted by atomic mass is 10.1. The van der Waals surface area contributed by atoms with Crippen LogP contribution in [0, 0.1) is 10.1 Å². The first-order valence-electron chi connectivity index (χ1n) is 4.17. The summed E-state index contributed by atoms with van der Waals surface area (Å²) < 4.78 is 9.92. The van der Waals surface area contributed by atoms with E-state index in [4.69, 9.17) is 9.47 Å². The van der Waals surface area contributed by atoms with Crippen LogP contribution in [-0.2, 0) is 0 Å². The summed E-state index contributed by atoms with van der Waals surface area (Å²) in [5, 5.41) is 10.9. The van der Waals surface area contributed by atoms with Crippen molar-refractivity contribution in [3.63, 3.8) is 0 Å². The summed E-state index contributed by atoms with van der Waals surface area (Å²) >= 11 is 0. The van der Waals surface area contributed by atoms with Crippen molar-refractivity contribution >= 4 is 11.8 Å². The molecule has 0 fully saturated rings. The van der Waals surface area contributed by atoms with E-state index >= 15 is 0 Å². The average Bonchev–Trinajstić information content (AvgIpc) is 2.26. The van der Waals surface area contributed by atoms with Gasteiger partial charge in [0.1, 0.15) is 0 Å². The molecular formula is C10H11NO4. The largest absolute Gasteiger partial charge is 0.493 e. The molecule has 0 saturated heterocycles. The van der Waals surface area contributed by atoms with Crippen LogP contribution in [0.15, 0.2) is 18.7 Å². The Morgan fingerprint density at radius 2 is 2.07 bits per heavy atom. The number of methoxy groups -OCH3 is 2. The smallest absolute Gasteiger partial charge is 0.321 e. The number of nitrogens with zero attached hydrogens (tertiary/aromatic N) is 1. The zero-order chi connectivity index (χ0) is 11.4. The van der Waals surface area contributed by atoms with Gasteiger partial charge >= 0.3 is 5.69 Å². The number of hydrogen-bond donors (Lipinski definition) is 0. The first kappa shape index (κ1) is 11.0. The van der Waals surface area contributed by atoms with Crippen molar-refractivity contribution in [3.05, 3.63) is 34.4 Å². The number of hydrogen-bond acceptors (Lipinski definition) is 4. The van der Waals surface area contributed by atoms with Crippen molar-refractivity contribution in [2.24, 2.45) is 0 Å². The van der Waals surface area contributed by atoms with E-state index in [1.54, 1.807) is 12.1 Å². The normalized spacial score (nSPS) is 9.47. The Hall–Kier alpha value is -2.04. The van der Waals surface area contributed by atoms with Crippen molar-refractivity contribution < 1.29 is 14.4 Å². The lowest BCUT2D eigenvalue weighted by Crippen LogP contribution is -1.98. The zero-order valence-corrected chi connectivity index (χ0v) is 8.52. The number of rotatable bonds is 4. The lowest BCUT2D eigenvalue weighted by Gasteiger charge is -2.08. The molecule has 1 aromatic carbocycles. The van der Waals surface area contributed by atoms with E-state index in [0.717, 1.165) is 0 Å². The molecule has 0 unspecified atom stereocenters. The second-order valence-corrected chi connectivity index (χ2v) is 2.70. The van der Waals surface area contributed by atoms with Crippen LogP contribution in [0.5, 0.6) is 11.5 Å². The minimum absolute atomic E-state index is 0.111. The van der Waals surface area contributed by atoms with Gasteiger partial charge in [-0.15, -0.1) is 0 Å². The monoisotopic (exact) mass is 209 g/mol. The van der Waals surface area contributed by atoms with Crippen molar-refractivity contribution in [1.82, 2.24) is 0 Å². The molecule has 0 radical (unpaired) electrons. The molecule has 5 heteroatoms. The fourth-order valence-corrected chi connectivity index (χ4v) is 1.28. The van der Waals surface area contributed by atoms with E-state index in [1.807, 2.05) is 0 Å². The van der Waals surface area contributed by atoms with Gasteiger partial charge in [-0.1, -0.05) is 12.7 Å². The summed E-state index contributed by atoms with van der Waals surface area (Å²) in [7, 11) is 2.78. The maximum atomic E-state index is 10.9. The van der Waals surface area contributed by atoms with Gasteiger partial charge < -0.3 is 9.47 Å². The highest BCUT2D eigenvalue weighted by molar-refractivity contribution is 5.69. The van der Waals surface area contributed by atoms with Gasteiger partial charge in [0.15, 0.2) is 5.75 Å². The van der Waals surface area contributed by atoms with Gasteiger partial charge in [0.2, 0.25) is 5.75 Å². The van der Waals surface area contributed by atoms with Gasteiger partial charge in [-0.2, -0.15) is 0 Å². The third kappa shape index (κ3) is 1.90. The maximum Gasteiger partial charge on any atom is 0.321 e. The minimum atomic E-state index is -0.516. The number of benzene rings is 1. The van der Waals surface area contributed by atoms with Gasteiger partial charge in [-0.3, -0.25) is 10.1 Å². The van der Waals surface area contributed by atoms with E-state index in [2.05, 4.69) is 6.58 Å². The average molecular weight is 209 g/mol. The predicted molar refractivity (Wildman–Crippen MR) is 56.3 cm³/mol. The molecule has 5 nitrogen and oxygen atoms in total. The number of nitro groups is 1. The molecule has 0 saturated carbocycles. The summed E-state index contributed by atoms with van der Waals surface area (Å²) in [5.74, 6) is 0.440. The van der Waals surface area contributed by atoms with Gasteiger partial charge in [-0.25, -0.2) is 0 Å². The summed E-state index contributed by atoms with van der Waals surface area (Å²) in [4.78, 5) is 10.3. The molecule has 80 valence electrons. The van der Waals surface area contributed by atoms with Crippen LogP contribution in [0.4, 0.5) is 5.69 Å². The van der Waals surface area contributed by atoms with Crippen LogP contribution in [0.25, 0.3) is 6.08 Å². The molecule has 15 heavy (non-hydrogen) atoms. The highest BCUT2D eigenvalue weighted by Gasteiger charge is 2.23. The predicted octanol–water partition coefficient (Wildman–Crippen LogP) is 2.25. The van der Waals surface area contributed by atoms with Gasteiger partial charge in [0, 0.05) is 0 Å². The first-order chi connectivity index (χ1) is 7.15. The van der Waals surface area contributed by atoms with Crippen molar-refractivity contribution in [1.29, 1.82) is 0 Å². The fourth-order valence-electron chi connectivity index (χ4n) is 1.28. The minimum Gasteiger partial charge on any atom is -0.493 e. The van der Waals surface area contributed by atoms with E-state index in [1.165, 1.54) is 20.3 Å². The molecule has 0 bridgehead atoms. The Balaban J connectivity index is 3.51. The summed E-state index contributed by atoms with van der Waals surface area (Å²) in [5.41, 5.74) is 0.268. The summed E-state index contributed by atoms with van der Waals surface area (Å²) in [6, 6.07) is 3.16. The Morgan fingerprint density at radius 3 is 2.47 bits per heavy atom. The van der Waals surface area contributed by atoms with E-state index < -0.39 is 4.92 Å². The van der Waals surface area contributed by atoms with E-state index in [-0.39, 0.29) is 11.4 Å². The molecule has 0 aliphatic heterocycles. The summed E-state index contributed by atoms with van der Waals surface area (Å²) in [6.07, 6.45) is 1.40. The molecule has 0 heterocycles. The highest BCUT2D eigenvalue weighted by Crippen LogP contribution is 2.39. The standard InChI is InChI=1S/C10H11NO4/c1-4-7-5-6-8(14-2)10(15-3)9(7)11(12)13/h4-6H,1H2,2-3H3. The van der Waals surface area contributed by atoms with Crippen LogP contribution < -0.4 is 9.47 Å². The third-order valence-electron chi connectivity index (χ3n) is 1.95. The van der Waals surface area contributed by atoms with Gasteiger partial charge in [-0.05, 0) is 12.1 Å². The summed E-state index contributed by atoms with van der Waals surface area (Å²) in [6.45, 7) is 3.50. The third-order valence-corrected chi connectivity index (χ3v) is 1.95. The quantitative estimate of drug-likeness (QED) is 0.563. The topological polar surface area (TPSA) is 61.6 Å². The Bertz CT molecular complexity index is 401. The zero-order valence-electron chi connectivity index (χ0n) is 8.52. The van der Waals surface area contributed by atoms with Crippen LogP contribution in [0.1, 0.15) is 5.56 Å². The Morgan fingerprint density at radius 1 is 1.40 bits per heavy atom. The molecule has 0 aliphatic rings. The molecule has 0 aliphatic carbocycles. The Kier molecular flexibility index (Phi) is 3.28. The van der Waals surface area contributed by atoms with Crippen LogP contribution in [0.2, 0.25) is 0 Å². The van der Waals surface area contributed by atoms with Crippen molar-refractivity contribution in [2.45, 2.75) is 0 Å². The molecule has 0 N–H and O–H groups in total. The molecule has 0 aromatic heterocycles. The van der Waals surface area contributed by atoms with Crippen molar-refractivity contribution in [2.75, 3.05) is 14.2 Å².